The first-order valence-corrected chi connectivity index (χ1v) is 2.76. The van der Waals surface area contributed by atoms with Gasteiger partial charge in [-0.2, -0.15) is 0 Å². The fraction of sp³-hybridized carbons (Fsp3) is 0.333. The van der Waals surface area contributed by atoms with Crippen LogP contribution in [0.4, 0.5) is 0 Å². The molecule has 0 aliphatic heterocycles. The van der Waals surface area contributed by atoms with E-state index in [0.717, 1.165) is 6.08 Å². The third-order valence-corrected chi connectivity index (χ3v) is 0.869. The van der Waals surface area contributed by atoms with Crippen LogP contribution in [0, 0.1) is 0 Å². The highest BCUT2D eigenvalue weighted by atomic mass is 16.4. The molecule has 0 aromatic heterocycles. The molecule has 0 spiro atoms. The van der Waals surface area contributed by atoms with E-state index in [2.05, 4.69) is 0 Å². The molecule has 0 fully saturated rings. The Labute approximate surface area is 63.3 Å². The van der Waals surface area contributed by atoms with Gasteiger partial charge in [0.2, 0.25) is 0 Å². The third-order valence-electron chi connectivity index (χ3n) is 0.869. The van der Waals surface area contributed by atoms with E-state index < -0.39 is 17.5 Å². The van der Waals surface area contributed by atoms with Crippen molar-refractivity contribution in [3.8, 4) is 0 Å². The van der Waals surface area contributed by atoms with Crippen molar-refractivity contribution in [2.45, 2.75) is 13.3 Å². The number of rotatable bonds is 3. The number of hydrogen-bond acceptors (Lipinski definition) is 2. The van der Waals surface area contributed by atoms with Crippen molar-refractivity contribution in [2.75, 3.05) is 0 Å². The fourth-order valence-corrected chi connectivity index (χ4v) is 0.470. The van der Waals surface area contributed by atoms with Gasteiger partial charge in [0.25, 0.3) is 0 Å². The van der Waals surface area contributed by atoms with E-state index in [1.807, 2.05) is 0 Å². The lowest BCUT2D eigenvalue weighted by atomic mass is 10.2. The summed E-state index contributed by atoms with van der Waals surface area (Å²) in [6.07, 6.45) is 1.57. The van der Waals surface area contributed by atoms with Crippen LogP contribution in [0.25, 0.3) is 0 Å². The number of aliphatic carboxylic acids is 2. The molecule has 0 aromatic rings. The highest BCUT2D eigenvalue weighted by Gasteiger charge is 2.13. The van der Waals surface area contributed by atoms with Gasteiger partial charge in [-0.1, -0.05) is 13.0 Å². The SMILES string of the molecule is CCC=C(C(=O)O)C(=O)O.O. The second-order valence-electron chi connectivity index (χ2n) is 1.64. The van der Waals surface area contributed by atoms with Crippen molar-refractivity contribution in [1.82, 2.24) is 0 Å². The van der Waals surface area contributed by atoms with E-state index >= 15 is 0 Å². The van der Waals surface area contributed by atoms with Crippen molar-refractivity contribution < 1.29 is 25.3 Å². The first-order valence-electron chi connectivity index (χ1n) is 2.76. The second kappa shape index (κ2) is 5.43. The second-order valence-corrected chi connectivity index (χ2v) is 1.64. The molecule has 0 saturated heterocycles. The van der Waals surface area contributed by atoms with Crippen LogP contribution in [0.15, 0.2) is 11.6 Å². The monoisotopic (exact) mass is 162 g/mol. The summed E-state index contributed by atoms with van der Waals surface area (Å²) in [5.74, 6) is -2.79. The Balaban J connectivity index is 0. The normalized spacial score (nSPS) is 7.73. The van der Waals surface area contributed by atoms with E-state index in [-0.39, 0.29) is 5.48 Å². The van der Waals surface area contributed by atoms with Gasteiger partial charge in [0.15, 0.2) is 0 Å². The van der Waals surface area contributed by atoms with Crippen LogP contribution in [0.1, 0.15) is 13.3 Å². The Morgan fingerprint density at radius 2 is 1.64 bits per heavy atom. The first kappa shape index (κ1) is 12.3. The predicted molar refractivity (Wildman–Crippen MR) is 37.3 cm³/mol. The molecule has 4 N–H and O–H groups in total. The quantitative estimate of drug-likeness (QED) is 0.336. The number of carbonyl (C=O) groups is 2. The fourth-order valence-electron chi connectivity index (χ4n) is 0.470. The molecule has 5 heteroatoms. The lowest BCUT2D eigenvalue weighted by molar-refractivity contribution is -0.140. The average Bonchev–Trinajstić information content (AvgIpc) is 1.81. The average molecular weight is 162 g/mol. The van der Waals surface area contributed by atoms with Crippen molar-refractivity contribution in [1.29, 1.82) is 0 Å². The lowest BCUT2D eigenvalue weighted by Crippen LogP contribution is -2.10. The molecule has 0 aliphatic rings. The molecule has 0 rings (SSSR count). The largest absolute Gasteiger partial charge is 0.477 e. The van der Waals surface area contributed by atoms with E-state index in [1.165, 1.54) is 0 Å². The zero-order valence-electron chi connectivity index (χ0n) is 6.00. The number of hydrogen-bond donors (Lipinski definition) is 2. The maximum atomic E-state index is 10.1. The van der Waals surface area contributed by atoms with Crippen molar-refractivity contribution >= 4 is 11.9 Å². The highest BCUT2D eigenvalue weighted by molar-refractivity contribution is 6.12. The van der Waals surface area contributed by atoms with Gasteiger partial charge in [-0.25, -0.2) is 9.59 Å². The number of carboxylic acids is 2. The summed E-state index contributed by atoms with van der Waals surface area (Å²) in [6, 6.07) is 0. The molecule has 0 unspecified atom stereocenters. The molecule has 0 aliphatic carbocycles. The Bertz CT molecular complexity index is 165. The molecule has 0 amide bonds. The standard InChI is InChI=1S/C6H8O4.H2O/c1-2-3-4(5(7)8)6(9)10;/h3H,2H2,1H3,(H,7,8)(H,9,10);1H2. The molecule has 0 atom stereocenters. The number of allylic oxidation sites excluding steroid dienone is 1. The molecule has 0 radical (unpaired) electrons. The van der Waals surface area contributed by atoms with Crippen LogP contribution in [-0.2, 0) is 9.59 Å². The molecule has 11 heavy (non-hydrogen) atoms. The van der Waals surface area contributed by atoms with Gasteiger partial charge in [-0.05, 0) is 6.42 Å². The summed E-state index contributed by atoms with van der Waals surface area (Å²) in [5, 5.41) is 16.5. The summed E-state index contributed by atoms with van der Waals surface area (Å²) in [5.41, 5.74) is -0.567. The minimum Gasteiger partial charge on any atom is -0.477 e. The van der Waals surface area contributed by atoms with Crippen molar-refractivity contribution in [2.24, 2.45) is 0 Å². The summed E-state index contributed by atoms with van der Waals surface area (Å²) >= 11 is 0. The van der Waals surface area contributed by atoms with Crippen molar-refractivity contribution in [3.63, 3.8) is 0 Å². The summed E-state index contributed by atoms with van der Waals surface area (Å²) in [6.45, 7) is 1.67. The van der Waals surface area contributed by atoms with E-state index in [1.54, 1.807) is 6.92 Å². The molecule has 0 saturated carbocycles. The Morgan fingerprint density at radius 1 is 1.27 bits per heavy atom. The van der Waals surface area contributed by atoms with Crippen LogP contribution >= 0.6 is 0 Å². The Hall–Kier alpha value is -1.36. The van der Waals surface area contributed by atoms with E-state index in [9.17, 15) is 9.59 Å². The van der Waals surface area contributed by atoms with Gasteiger partial charge in [-0.3, -0.25) is 0 Å². The molecule has 0 bridgehead atoms. The van der Waals surface area contributed by atoms with Crippen LogP contribution < -0.4 is 0 Å². The molecule has 0 aromatic carbocycles. The van der Waals surface area contributed by atoms with Gasteiger partial charge in [-0.15, -0.1) is 0 Å². The molecule has 64 valence electrons. The minimum atomic E-state index is -1.39. The van der Waals surface area contributed by atoms with Crippen LogP contribution in [0.5, 0.6) is 0 Å². The van der Waals surface area contributed by atoms with Crippen LogP contribution in [0.3, 0.4) is 0 Å². The smallest absolute Gasteiger partial charge is 0.342 e. The summed E-state index contributed by atoms with van der Waals surface area (Å²) < 4.78 is 0. The highest BCUT2D eigenvalue weighted by Crippen LogP contribution is 1.96. The Kier molecular flexibility index (Phi) is 6.08. The van der Waals surface area contributed by atoms with Gasteiger partial charge in [0.1, 0.15) is 5.57 Å². The zero-order chi connectivity index (χ0) is 8.15. The van der Waals surface area contributed by atoms with Gasteiger partial charge >= 0.3 is 11.9 Å². The first-order chi connectivity index (χ1) is 4.59. The molecular formula is C6H10O5. The van der Waals surface area contributed by atoms with Crippen molar-refractivity contribution in [3.05, 3.63) is 11.6 Å². The third kappa shape index (κ3) is 4.10. The van der Waals surface area contributed by atoms with E-state index in [0.29, 0.717) is 6.42 Å². The van der Waals surface area contributed by atoms with Gasteiger partial charge in [0.05, 0.1) is 0 Å². The van der Waals surface area contributed by atoms with Gasteiger partial charge < -0.3 is 15.7 Å². The topological polar surface area (TPSA) is 106 Å². The number of carboxylic acid groups (broad SMARTS) is 2. The molecule has 0 heterocycles. The van der Waals surface area contributed by atoms with Crippen LogP contribution in [-0.4, -0.2) is 27.6 Å². The van der Waals surface area contributed by atoms with Crippen LogP contribution in [0.2, 0.25) is 0 Å². The summed E-state index contributed by atoms with van der Waals surface area (Å²) in [4.78, 5) is 20.2. The maximum absolute atomic E-state index is 10.1. The van der Waals surface area contributed by atoms with E-state index in [4.69, 9.17) is 10.2 Å². The predicted octanol–water partition coefficient (Wildman–Crippen LogP) is -0.333. The maximum Gasteiger partial charge on any atom is 0.342 e. The minimum absolute atomic E-state index is 0. The summed E-state index contributed by atoms with van der Waals surface area (Å²) in [7, 11) is 0. The Morgan fingerprint density at radius 3 is 1.73 bits per heavy atom. The van der Waals surface area contributed by atoms with Gasteiger partial charge in [0, 0.05) is 0 Å². The zero-order valence-corrected chi connectivity index (χ0v) is 6.00. The molecule has 5 nitrogen and oxygen atoms in total. The molecular weight excluding hydrogens is 152 g/mol. The lowest BCUT2D eigenvalue weighted by Gasteiger charge is -1.91.